The number of hydrogen-bond acceptors (Lipinski definition) is 4. The molecule has 4 rings (SSSR count). The zero-order valence-corrected chi connectivity index (χ0v) is 17.3. The van der Waals surface area contributed by atoms with Crippen LogP contribution in [-0.4, -0.2) is 28.9 Å². The summed E-state index contributed by atoms with van der Waals surface area (Å²) in [5.74, 6) is -5.37. The summed E-state index contributed by atoms with van der Waals surface area (Å²) in [4.78, 5) is 19.5. The number of nitrogens with one attached hydrogen (secondary N) is 1. The van der Waals surface area contributed by atoms with E-state index in [1.165, 1.54) is 19.2 Å². The second-order valence-electron chi connectivity index (χ2n) is 7.93. The predicted molar refractivity (Wildman–Crippen MR) is 105 cm³/mol. The molecule has 3 aromatic rings. The van der Waals surface area contributed by atoms with Crippen molar-refractivity contribution in [3.8, 4) is 5.75 Å². The smallest absolute Gasteiger partial charge is 0.417 e. The van der Waals surface area contributed by atoms with Gasteiger partial charge >= 0.3 is 6.18 Å². The van der Waals surface area contributed by atoms with Crippen molar-refractivity contribution in [2.75, 3.05) is 7.11 Å². The zero-order valence-electron chi connectivity index (χ0n) is 17.3. The van der Waals surface area contributed by atoms with Crippen molar-refractivity contribution in [1.29, 1.82) is 0 Å². The van der Waals surface area contributed by atoms with Gasteiger partial charge in [0.05, 0.1) is 12.6 Å². The van der Waals surface area contributed by atoms with Crippen molar-refractivity contribution in [3.63, 3.8) is 0 Å². The van der Waals surface area contributed by atoms with Gasteiger partial charge in [0.2, 0.25) is 11.2 Å². The molecular weight excluding hydrogens is 435 g/mol. The Bertz CT molecular complexity index is 1240. The normalized spacial score (nSPS) is 25.9. The highest BCUT2D eigenvalue weighted by molar-refractivity contribution is 5.73. The summed E-state index contributed by atoms with van der Waals surface area (Å²) < 4.78 is 81.0. The summed E-state index contributed by atoms with van der Waals surface area (Å²) in [6, 6.07) is 6.25. The molecule has 1 fully saturated rings. The number of methoxy groups -OCH3 is 1. The molecule has 0 amide bonds. The summed E-state index contributed by atoms with van der Waals surface area (Å²) in [5.41, 5.74) is -2.65. The summed E-state index contributed by atoms with van der Waals surface area (Å²) >= 11 is 0. The van der Waals surface area contributed by atoms with Gasteiger partial charge in [-0.05, 0) is 25.1 Å². The number of aromatic amines is 1. The maximum absolute atomic E-state index is 14.4. The van der Waals surface area contributed by atoms with Gasteiger partial charge < -0.3 is 14.5 Å². The monoisotopic (exact) mass is 454 g/mol. The molecule has 0 unspecified atom stereocenters. The average Bonchev–Trinajstić information content (AvgIpc) is 3.02. The van der Waals surface area contributed by atoms with E-state index in [9.17, 15) is 26.7 Å². The molecule has 1 saturated heterocycles. The number of alkyl halides is 3. The van der Waals surface area contributed by atoms with Gasteiger partial charge in [-0.2, -0.15) is 17.6 Å². The molecule has 1 aliphatic heterocycles. The van der Waals surface area contributed by atoms with E-state index in [2.05, 4.69) is 9.97 Å². The lowest BCUT2D eigenvalue weighted by atomic mass is 9.76. The molecule has 10 heteroatoms. The second kappa shape index (κ2) is 7.54. The lowest BCUT2D eigenvalue weighted by molar-refractivity contribution is -0.275. The zero-order chi connectivity index (χ0) is 23.4. The standard InChI is InChI=1S/C22H19F5N2O3/c1-10-16(11-6-7-12(23)17(24)19(11)31-3)20(32-21(10,2)22(25,26)27)14-9-15(30)18-13(29-14)5-4-8-28-18/h4-10,16,20H,1-3H3,(H,29,30)/t10-,16-,20-,21+/m0/s1. The molecule has 170 valence electrons. The third kappa shape index (κ3) is 3.24. The van der Waals surface area contributed by atoms with Gasteiger partial charge in [0, 0.05) is 35.4 Å². The highest BCUT2D eigenvalue weighted by Crippen LogP contribution is 2.59. The van der Waals surface area contributed by atoms with Crippen molar-refractivity contribution >= 4 is 11.0 Å². The Kier molecular flexibility index (Phi) is 5.23. The minimum atomic E-state index is -4.77. The van der Waals surface area contributed by atoms with Crippen LogP contribution >= 0.6 is 0 Å². The van der Waals surface area contributed by atoms with E-state index < -0.39 is 52.5 Å². The van der Waals surface area contributed by atoms with Crippen LogP contribution in [0.5, 0.6) is 5.75 Å². The third-order valence-electron chi connectivity index (χ3n) is 6.23. The van der Waals surface area contributed by atoms with Gasteiger partial charge in [-0.25, -0.2) is 4.39 Å². The van der Waals surface area contributed by atoms with E-state index in [-0.39, 0.29) is 16.8 Å². The van der Waals surface area contributed by atoms with Gasteiger partial charge in [0.15, 0.2) is 17.2 Å². The number of aromatic nitrogens is 2. The van der Waals surface area contributed by atoms with Crippen LogP contribution in [-0.2, 0) is 4.74 Å². The Morgan fingerprint density at radius 2 is 1.94 bits per heavy atom. The Balaban J connectivity index is 1.96. The van der Waals surface area contributed by atoms with Crippen LogP contribution in [0.25, 0.3) is 11.0 Å². The molecule has 0 spiro atoms. The molecule has 1 N–H and O–H groups in total. The first-order valence-corrected chi connectivity index (χ1v) is 9.74. The average molecular weight is 454 g/mol. The molecule has 5 nitrogen and oxygen atoms in total. The van der Waals surface area contributed by atoms with Crippen molar-refractivity contribution in [3.05, 3.63) is 69.6 Å². The van der Waals surface area contributed by atoms with E-state index in [1.807, 2.05) is 0 Å². The minimum absolute atomic E-state index is 0.00371. The maximum atomic E-state index is 14.4. The van der Waals surface area contributed by atoms with Gasteiger partial charge in [0.25, 0.3) is 0 Å². The van der Waals surface area contributed by atoms with E-state index in [0.717, 1.165) is 26.2 Å². The van der Waals surface area contributed by atoms with Gasteiger partial charge in [0.1, 0.15) is 11.6 Å². The van der Waals surface area contributed by atoms with Crippen LogP contribution in [0, 0.1) is 17.6 Å². The molecule has 4 atom stereocenters. The molecule has 0 aliphatic carbocycles. The van der Waals surface area contributed by atoms with E-state index in [4.69, 9.17) is 9.47 Å². The van der Waals surface area contributed by atoms with E-state index in [1.54, 1.807) is 12.1 Å². The fourth-order valence-corrected chi connectivity index (χ4v) is 4.34. The number of fused-ring (bicyclic) bond motifs is 1. The largest absolute Gasteiger partial charge is 0.493 e. The number of H-pyrrole nitrogens is 1. The topological polar surface area (TPSA) is 64.2 Å². The predicted octanol–water partition coefficient (Wildman–Crippen LogP) is 5.02. The number of rotatable bonds is 3. The van der Waals surface area contributed by atoms with Crippen molar-refractivity contribution in [2.24, 2.45) is 5.92 Å². The Morgan fingerprint density at radius 1 is 1.22 bits per heavy atom. The highest BCUT2D eigenvalue weighted by Gasteiger charge is 2.65. The van der Waals surface area contributed by atoms with Crippen LogP contribution in [0.4, 0.5) is 22.0 Å². The van der Waals surface area contributed by atoms with Crippen LogP contribution in [0.15, 0.2) is 41.3 Å². The van der Waals surface area contributed by atoms with Crippen molar-refractivity contribution in [2.45, 2.75) is 37.6 Å². The number of halogens is 5. The van der Waals surface area contributed by atoms with Gasteiger partial charge in [-0.15, -0.1) is 0 Å². The Labute approximate surface area is 179 Å². The van der Waals surface area contributed by atoms with Crippen LogP contribution in [0.3, 0.4) is 0 Å². The lowest BCUT2D eigenvalue weighted by Gasteiger charge is -2.32. The summed E-state index contributed by atoms with van der Waals surface area (Å²) in [5, 5.41) is 0. The highest BCUT2D eigenvalue weighted by atomic mass is 19.4. The first kappa shape index (κ1) is 22.2. The molecule has 0 saturated carbocycles. The molecule has 1 aromatic carbocycles. The molecule has 32 heavy (non-hydrogen) atoms. The molecule has 3 heterocycles. The Morgan fingerprint density at radius 3 is 2.59 bits per heavy atom. The molecule has 1 aliphatic rings. The quantitative estimate of drug-likeness (QED) is 0.565. The number of benzene rings is 1. The Hall–Kier alpha value is -3.01. The van der Waals surface area contributed by atoms with E-state index >= 15 is 0 Å². The summed E-state index contributed by atoms with van der Waals surface area (Å²) in [6.45, 7) is 2.22. The van der Waals surface area contributed by atoms with Crippen LogP contribution in [0.1, 0.15) is 37.1 Å². The third-order valence-corrected chi connectivity index (χ3v) is 6.23. The van der Waals surface area contributed by atoms with Gasteiger partial charge in [-0.1, -0.05) is 13.0 Å². The first-order chi connectivity index (χ1) is 15.0. The summed E-state index contributed by atoms with van der Waals surface area (Å²) in [6.07, 6.45) is -4.68. The number of ether oxygens (including phenoxy) is 2. The molecule has 2 aromatic heterocycles. The number of nitrogens with zero attached hydrogens (tertiary/aromatic N) is 1. The molecule has 0 bridgehead atoms. The SMILES string of the molecule is COc1c([C@H]2[C@H](c3cc(=O)c4ncccc4[nH]3)O[C@@](C)(C(F)(F)F)[C@H]2C)ccc(F)c1F. The fourth-order valence-electron chi connectivity index (χ4n) is 4.34. The maximum Gasteiger partial charge on any atom is 0.417 e. The van der Waals surface area contributed by atoms with Gasteiger partial charge in [-0.3, -0.25) is 9.78 Å². The number of hydrogen-bond donors (Lipinski definition) is 1. The minimum Gasteiger partial charge on any atom is -0.493 e. The van der Waals surface area contributed by atoms with E-state index in [0.29, 0.717) is 5.52 Å². The van der Waals surface area contributed by atoms with Crippen molar-refractivity contribution in [1.82, 2.24) is 9.97 Å². The fraction of sp³-hybridized carbons (Fsp3) is 0.364. The summed E-state index contributed by atoms with van der Waals surface area (Å²) in [7, 11) is 1.10. The number of pyridine rings is 2. The second-order valence-corrected chi connectivity index (χ2v) is 7.93. The molecular formula is C22H19F5N2O3. The van der Waals surface area contributed by atoms with Crippen LogP contribution in [0.2, 0.25) is 0 Å². The van der Waals surface area contributed by atoms with Crippen molar-refractivity contribution < 1.29 is 31.4 Å². The first-order valence-electron chi connectivity index (χ1n) is 9.74. The molecule has 0 radical (unpaired) electrons. The lowest BCUT2D eigenvalue weighted by Crippen LogP contribution is -2.46. The van der Waals surface area contributed by atoms with Crippen LogP contribution < -0.4 is 10.2 Å².